The van der Waals surface area contributed by atoms with E-state index >= 15 is 0 Å². The van der Waals surface area contributed by atoms with Crippen molar-refractivity contribution in [3.8, 4) is 0 Å². The molecule has 0 saturated heterocycles. The van der Waals surface area contributed by atoms with Crippen LogP contribution in [0.5, 0.6) is 0 Å². The molecule has 156 valence electrons. The molecule has 0 saturated carbocycles. The van der Waals surface area contributed by atoms with Crippen LogP contribution >= 0.6 is 11.6 Å². The minimum atomic E-state index is -0.186. The summed E-state index contributed by atoms with van der Waals surface area (Å²) in [6.07, 6.45) is 3.73. The second-order valence-corrected chi connectivity index (χ2v) is 7.72. The van der Waals surface area contributed by atoms with Gasteiger partial charge in [-0.3, -0.25) is 14.8 Å². The van der Waals surface area contributed by atoms with Gasteiger partial charge in [0.05, 0.1) is 16.2 Å². The number of halogens is 1. The zero-order valence-electron chi connectivity index (χ0n) is 16.9. The summed E-state index contributed by atoms with van der Waals surface area (Å²) in [7, 11) is 0. The Balaban J connectivity index is 1.50. The van der Waals surface area contributed by atoms with E-state index in [-0.39, 0.29) is 5.91 Å². The molecule has 0 aliphatic heterocycles. The minimum absolute atomic E-state index is 0.186. The maximum atomic E-state index is 12.6. The number of hydrogen-bond acceptors (Lipinski definition) is 6. The highest BCUT2D eigenvalue weighted by Crippen LogP contribution is 2.25. The number of nitrogens with zero attached hydrogens (tertiary/aromatic N) is 3. The van der Waals surface area contributed by atoms with Crippen LogP contribution in [-0.4, -0.2) is 20.9 Å². The molecular formula is C23H21ClN6O. The normalized spacial score (nSPS) is 10.9. The molecule has 4 aromatic rings. The third-order valence-electron chi connectivity index (χ3n) is 4.96. The number of nitrogen functional groups attached to an aromatic ring is 2. The number of nitrogens with two attached hydrogens (primary N) is 2. The lowest BCUT2D eigenvalue weighted by Gasteiger charge is -2.10. The Bertz CT molecular complexity index is 1290. The van der Waals surface area contributed by atoms with Gasteiger partial charge in [-0.25, -0.2) is 4.98 Å². The first-order valence-electron chi connectivity index (χ1n) is 9.68. The molecular weight excluding hydrogens is 412 g/mol. The van der Waals surface area contributed by atoms with Crippen LogP contribution in [0.2, 0.25) is 5.02 Å². The first kappa shape index (κ1) is 20.6. The van der Waals surface area contributed by atoms with Crippen LogP contribution in [0.4, 0.5) is 11.5 Å². The second kappa shape index (κ2) is 8.57. The lowest BCUT2D eigenvalue weighted by molar-refractivity contribution is 0.0950. The van der Waals surface area contributed by atoms with E-state index in [1.54, 1.807) is 30.6 Å². The van der Waals surface area contributed by atoms with Crippen LogP contribution in [0.15, 0.2) is 54.9 Å². The van der Waals surface area contributed by atoms with Gasteiger partial charge in [-0.2, -0.15) is 0 Å². The molecule has 1 amide bonds. The van der Waals surface area contributed by atoms with E-state index in [0.717, 1.165) is 27.9 Å². The molecule has 1 aromatic carbocycles. The zero-order chi connectivity index (χ0) is 22.0. The van der Waals surface area contributed by atoms with E-state index in [0.29, 0.717) is 40.6 Å². The number of aromatic nitrogens is 3. The van der Waals surface area contributed by atoms with Crippen molar-refractivity contribution in [1.82, 2.24) is 20.3 Å². The number of anilines is 2. The Hall–Kier alpha value is -3.71. The largest absolute Gasteiger partial charge is 0.397 e. The highest BCUT2D eigenvalue weighted by atomic mass is 35.5. The second-order valence-electron chi connectivity index (χ2n) is 7.29. The summed E-state index contributed by atoms with van der Waals surface area (Å²) in [5, 5.41) is 4.33. The molecule has 0 radical (unpaired) electrons. The number of nitrogens with one attached hydrogen (secondary N) is 1. The van der Waals surface area contributed by atoms with Gasteiger partial charge in [0.1, 0.15) is 5.82 Å². The van der Waals surface area contributed by atoms with Crippen LogP contribution in [-0.2, 0) is 13.0 Å². The molecule has 3 heterocycles. The number of carbonyl (C=O) groups is 1. The Morgan fingerprint density at radius 3 is 2.74 bits per heavy atom. The van der Waals surface area contributed by atoms with Crippen molar-refractivity contribution in [2.75, 3.05) is 11.5 Å². The maximum Gasteiger partial charge on any atom is 0.251 e. The van der Waals surface area contributed by atoms with Crippen molar-refractivity contribution in [2.45, 2.75) is 19.9 Å². The monoisotopic (exact) mass is 432 g/mol. The van der Waals surface area contributed by atoms with Gasteiger partial charge in [0.2, 0.25) is 0 Å². The van der Waals surface area contributed by atoms with Gasteiger partial charge in [-0.1, -0.05) is 17.7 Å². The first-order chi connectivity index (χ1) is 14.9. The van der Waals surface area contributed by atoms with Crippen LogP contribution < -0.4 is 16.8 Å². The zero-order valence-corrected chi connectivity index (χ0v) is 17.6. The van der Waals surface area contributed by atoms with Gasteiger partial charge in [-0.05, 0) is 54.4 Å². The fraction of sp³-hybridized carbons (Fsp3) is 0.130. The third kappa shape index (κ3) is 4.73. The summed E-state index contributed by atoms with van der Waals surface area (Å²) in [4.78, 5) is 25.5. The van der Waals surface area contributed by atoms with Crippen molar-refractivity contribution < 1.29 is 4.79 Å². The average molecular weight is 433 g/mol. The molecule has 8 heteroatoms. The van der Waals surface area contributed by atoms with E-state index in [2.05, 4.69) is 20.3 Å². The van der Waals surface area contributed by atoms with Gasteiger partial charge < -0.3 is 16.8 Å². The maximum absolute atomic E-state index is 12.6. The van der Waals surface area contributed by atoms with Gasteiger partial charge in [-0.15, -0.1) is 0 Å². The highest BCUT2D eigenvalue weighted by Gasteiger charge is 2.10. The molecule has 0 aliphatic carbocycles. The molecule has 31 heavy (non-hydrogen) atoms. The van der Waals surface area contributed by atoms with E-state index in [1.165, 1.54) is 0 Å². The number of amides is 1. The summed E-state index contributed by atoms with van der Waals surface area (Å²) < 4.78 is 0. The number of aryl methyl sites for hydroxylation is 1. The van der Waals surface area contributed by atoms with Gasteiger partial charge >= 0.3 is 0 Å². The van der Waals surface area contributed by atoms with Crippen molar-refractivity contribution in [3.05, 3.63) is 88.0 Å². The van der Waals surface area contributed by atoms with Crippen LogP contribution in [0.3, 0.4) is 0 Å². The highest BCUT2D eigenvalue weighted by molar-refractivity contribution is 6.31. The molecule has 3 aromatic heterocycles. The van der Waals surface area contributed by atoms with Gasteiger partial charge in [0.15, 0.2) is 0 Å². The molecule has 0 fully saturated rings. The smallest absolute Gasteiger partial charge is 0.251 e. The number of hydrogen-bond donors (Lipinski definition) is 3. The fourth-order valence-electron chi connectivity index (χ4n) is 3.42. The number of rotatable bonds is 5. The Morgan fingerprint density at radius 2 is 1.94 bits per heavy atom. The van der Waals surface area contributed by atoms with Crippen molar-refractivity contribution in [1.29, 1.82) is 0 Å². The van der Waals surface area contributed by atoms with Gasteiger partial charge in [0.25, 0.3) is 5.91 Å². The number of fused-ring (bicyclic) bond motifs is 1. The van der Waals surface area contributed by atoms with E-state index in [9.17, 15) is 4.79 Å². The van der Waals surface area contributed by atoms with E-state index < -0.39 is 0 Å². The van der Waals surface area contributed by atoms with Crippen LogP contribution in [0.25, 0.3) is 10.9 Å². The predicted molar refractivity (Wildman–Crippen MR) is 123 cm³/mol. The summed E-state index contributed by atoms with van der Waals surface area (Å²) >= 11 is 6.06. The van der Waals surface area contributed by atoms with Crippen molar-refractivity contribution in [3.63, 3.8) is 0 Å². The lowest BCUT2D eigenvalue weighted by Crippen LogP contribution is -2.23. The van der Waals surface area contributed by atoms with Gasteiger partial charge in [0, 0.05) is 47.7 Å². The summed E-state index contributed by atoms with van der Waals surface area (Å²) in [5.41, 5.74) is 17.1. The summed E-state index contributed by atoms with van der Waals surface area (Å²) in [6, 6.07) is 12.7. The van der Waals surface area contributed by atoms with Crippen LogP contribution in [0, 0.1) is 6.92 Å². The molecule has 0 unspecified atom stereocenters. The Labute approximate surface area is 184 Å². The predicted octanol–water partition coefficient (Wildman–Crippen LogP) is 3.67. The number of benzene rings is 1. The molecule has 0 bridgehead atoms. The van der Waals surface area contributed by atoms with Crippen molar-refractivity contribution in [2.24, 2.45) is 0 Å². The molecule has 7 nitrogen and oxygen atoms in total. The van der Waals surface area contributed by atoms with E-state index in [1.807, 2.05) is 31.2 Å². The summed E-state index contributed by atoms with van der Waals surface area (Å²) in [6.45, 7) is 2.23. The molecule has 0 spiro atoms. The number of pyridine rings is 3. The molecule has 0 aliphatic rings. The first-order valence-corrected chi connectivity index (χ1v) is 10.1. The SMILES string of the molecule is Cc1nc(N)ccc1CNC(=O)c1ccnc(Cc2cc(N)c3ncc(Cl)cc3c2)c1. The van der Waals surface area contributed by atoms with Crippen molar-refractivity contribution >= 4 is 39.9 Å². The quantitative estimate of drug-likeness (QED) is 0.414. The molecule has 0 atom stereocenters. The fourth-order valence-corrected chi connectivity index (χ4v) is 3.58. The molecule has 4 rings (SSSR count). The topological polar surface area (TPSA) is 120 Å². The van der Waals surface area contributed by atoms with E-state index in [4.69, 9.17) is 23.1 Å². The Kier molecular flexibility index (Phi) is 5.68. The number of carbonyl (C=O) groups excluding carboxylic acids is 1. The Morgan fingerprint density at radius 1 is 1.10 bits per heavy atom. The average Bonchev–Trinajstić information content (AvgIpc) is 2.73. The third-order valence-corrected chi connectivity index (χ3v) is 5.17. The molecule has 5 N–H and O–H groups in total. The standard InChI is InChI=1S/C23H21ClN6O/c1-13-16(2-3-21(26)30-13)11-29-23(31)15-4-5-27-19(10-15)7-14-6-17-9-18(24)12-28-22(17)20(25)8-14/h2-6,8-10,12H,7,11,25H2,1H3,(H2,26,30)(H,29,31). The summed E-state index contributed by atoms with van der Waals surface area (Å²) in [5.74, 6) is 0.271. The minimum Gasteiger partial charge on any atom is -0.397 e. The van der Waals surface area contributed by atoms with Crippen LogP contribution in [0.1, 0.15) is 32.9 Å². The lowest BCUT2D eigenvalue weighted by atomic mass is 10.0.